The molecule has 2 saturated carbocycles. The van der Waals surface area contributed by atoms with Gasteiger partial charge in [0.1, 0.15) is 0 Å². The zero-order valence-electron chi connectivity index (χ0n) is 13.1. The Labute approximate surface area is 139 Å². The molecule has 3 nitrogen and oxygen atoms in total. The number of benzene rings is 2. The second-order valence-electron chi connectivity index (χ2n) is 7.66. The average Bonchev–Trinajstić information content (AvgIpc) is 3.39. The van der Waals surface area contributed by atoms with Gasteiger partial charge in [-0.2, -0.15) is 0 Å². The van der Waals surface area contributed by atoms with Crippen LogP contribution in [0.25, 0.3) is 10.8 Å². The normalized spacial score (nSPS) is 38.6. The Morgan fingerprint density at radius 1 is 0.792 bits per heavy atom. The predicted molar refractivity (Wildman–Crippen MR) is 91.1 cm³/mol. The van der Waals surface area contributed by atoms with E-state index in [1.807, 2.05) is 42.5 Å². The topological polar surface area (TPSA) is 37.4 Å². The van der Waals surface area contributed by atoms with Gasteiger partial charge in [-0.25, -0.2) is 4.90 Å². The fourth-order valence-corrected chi connectivity index (χ4v) is 5.60. The number of anilines is 1. The van der Waals surface area contributed by atoms with E-state index in [1.165, 1.54) is 11.3 Å². The lowest BCUT2D eigenvalue weighted by atomic mass is 9.63. The predicted octanol–water partition coefficient (Wildman–Crippen LogP) is 3.40. The van der Waals surface area contributed by atoms with Gasteiger partial charge in [0.05, 0.1) is 17.5 Å². The molecule has 5 aliphatic rings. The number of rotatable bonds is 1. The van der Waals surface area contributed by atoms with Crippen LogP contribution < -0.4 is 4.90 Å². The molecular weight excluding hydrogens is 298 g/mol. The smallest absolute Gasteiger partial charge is 0.238 e. The van der Waals surface area contributed by atoms with Crippen molar-refractivity contribution in [3.63, 3.8) is 0 Å². The highest BCUT2D eigenvalue weighted by Gasteiger charge is 2.67. The van der Waals surface area contributed by atoms with Gasteiger partial charge in [-0.1, -0.05) is 48.6 Å². The van der Waals surface area contributed by atoms with Crippen molar-refractivity contribution in [1.29, 1.82) is 0 Å². The molecule has 2 aromatic rings. The molecule has 0 N–H and O–H groups in total. The van der Waals surface area contributed by atoms with E-state index in [4.69, 9.17) is 0 Å². The number of carbonyl (C=O) groups excluding carboxylic acids is 2. The summed E-state index contributed by atoms with van der Waals surface area (Å²) in [7, 11) is 0. The number of fused-ring (bicyclic) bond motifs is 1. The maximum Gasteiger partial charge on any atom is 0.238 e. The molecule has 3 heteroatoms. The zero-order valence-corrected chi connectivity index (χ0v) is 13.1. The second kappa shape index (κ2) is 4.15. The molecule has 6 atom stereocenters. The first kappa shape index (κ1) is 12.9. The summed E-state index contributed by atoms with van der Waals surface area (Å²) in [5, 5.41) is 2.04. The molecule has 1 saturated heterocycles. The fraction of sp³-hybridized carbons (Fsp3) is 0.333. The van der Waals surface area contributed by atoms with Crippen LogP contribution in [0, 0.1) is 35.5 Å². The molecule has 3 fully saturated rings. The highest BCUT2D eigenvalue weighted by atomic mass is 16.2. The fourth-order valence-electron chi connectivity index (χ4n) is 5.60. The molecule has 0 radical (unpaired) electrons. The van der Waals surface area contributed by atoms with Crippen LogP contribution in [0.5, 0.6) is 0 Å². The summed E-state index contributed by atoms with van der Waals surface area (Å²) in [6.07, 6.45) is 5.64. The first-order chi connectivity index (χ1) is 11.8. The van der Waals surface area contributed by atoms with E-state index in [0.29, 0.717) is 11.8 Å². The number of allylic oxidation sites excluding steroid dienone is 2. The van der Waals surface area contributed by atoms with E-state index in [0.717, 1.165) is 16.5 Å². The zero-order chi connectivity index (χ0) is 16.0. The van der Waals surface area contributed by atoms with Crippen LogP contribution in [0.1, 0.15) is 6.42 Å². The summed E-state index contributed by atoms with van der Waals surface area (Å²) in [6, 6.07) is 13.8. The van der Waals surface area contributed by atoms with Crippen molar-refractivity contribution in [2.45, 2.75) is 6.42 Å². The monoisotopic (exact) mass is 315 g/mol. The number of carbonyl (C=O) groups is 2. The Balaban J connectivity index is 1.52. The molecule has 2 amide bonds. The lowest BCUT2D eigenvalue weighted by Gasteiger charge is -2.37. The first-order valence-corrected chi connectivity index (χ1v) is 8.79. The van der Waals surface area contributed by atoms with E-state index in [1.54, 1.807) is 0 Å². The molecule has 0 unspecified atom stereocenters. The van der Waals surface area contributed by atoms with Gasteiger partial charge in [-0.3, -0.25) is 9.59 Å². The number of hydrogen-bond acceptors (Lipinski definition) is 2. The van der Waals surface area contributed by atoms with Crippen molar-refractivity contribution >= 4 is 28.3 Å². The lowest BCUT2D eigenvalue weighted by Crippen LogP contribution is -2.40. The Hall–Kier alpha value is -2.42. The third-order valence-corrected chi connectivity index (χ3v) is 6.67. The van der Waals surface area contributed by atoms with E-state index < -0.39 is 0 Å². The van der Waals surface area contributed by atoms with Gasteiger partial charge in [0.25, 0.3) is 0 Å². The summed E-state index contributed by atoms with van der Waals surface area (Å²) in [6.45, 7) is 0. The minimum Gasteiger partial charge on any atom is -0.274 e. The minimum absolute atomic E-state index is 0.0195. The average molecular weight is 315 g/mol. The molecule has 4 aliphatic carbocycles. The molecule has 2 aromatic carbocycles. The Morgan fingerprint density at radius 2 is 1.42 bits per heavy atom. The second-order valence-corrected chi connectivity index (χ2v) is 7.66. The van der Waals surface area contributed by atoms with Crippen molar-refractivity contribution < 1.29 is 9.59 Å². The maximum absolute atomic E-state index is 13.2. The van der Waals surface area contributed by atoms with Crippen LogP contribution in [-0.4, -0.2) is 11.8 Å². The number of nitrogens with zero attached hydrogens (tertiary/aromatic N) is 1. The summed E-state index contributed by atoms with van der Waals surface area (Å²) >= 11 is 0. The third-order valence-electron chi connectivity index (χ3n) is 6.67. The van der Waals surface area contributed by atoms with Crippen LogP contribution in [0.3, 0.4) is 0 Å². The standard InChI is InChI=1S/C21H17NO2/c23-20-18-13-8-9-14(16-10-15(13)16)19(18)21(24)22(20)17-7-3-5-11-4-1-2-6-12(11)17/h1-9,13-16,18-19H,10H2/t13-,14-,15-,16-,18-,19+/m1/s1. The molecule has 1 heterocycles. The summed E-state index contributed by atoms with van der Waals surface area (Å²) in [4.78, 5) is 27.9. The number of hydrogen-bond donors (Lipinski definition) is 0. The Morgan fingerprint density at radius 3 is 2.12 bits per heavy atom. The SMILES string of the molecule is O=C1[C@@H]2[C@@H]3C=C[C@H]([C@H]4C[C@H]34)[C@@H]2C(=O)N1c1cccc2ccccc12. The highest BCUT2D eigenvalue weighted by molar-refractivity contribution is 6.25. The van der Waals surface area contributed by atoms with Gasteiger partial charge in [0.2, 0.25) is 11.8 Å². The van der Waals surface area contributed by atoms with Crippen molar-refractivity contribution in [2.24, 2.45) is 35.5 Å². The molecule has 0 aromatic heterocycles. The Kier molecular flexibility index (Phi) is 2.24. The highest BCUT2D eigenvalue weighted by Crippen LogP contribution is 2.65. The van der Waals surface area contributed by atoms with Gasteiger partial charge in [0, 0.05) is 5.39 Å². The molecular formula is C21H17NO2. The number of amides is 2. The molecule has 7 rings (SSSR count). The van der Waals surface area contributed by atoms with Crippen molar-refractivity contribution in [2.75, 3.05) is 4.90 Å². The van der Waals surface area contributed by atoms with E-state index in [2.05, 4.69) is 12.2 Å². The van der Waals surface area contributed by atoms with Gasteiger partial charge in [-0.15, -0.1) is 0 Å². The molecule has 0 spiro atoms. The molecule has 2 bridgehead atoms. The third kappa shape index (κ3) is 1.40. The summed E-state index contributed by atoms with van der Waals surface area (Å²) in [5.41, 5.74) is 0.755. The number of imide groups is 1. The van der Waals surface area contributed by atoms with Crippen LogP contribution in [0.15, 0.2) is 54.6 Å². The van der Waals surface area contributed by atoms with E-state index in [-0.39, 0.29) is 35.5 Å². The lowest BCUT2D eigenvalue weighted by molar-refractivity contribution is -0.124. The summed E-state index contributed by atoms with van der Waals surface area (Å²) < 4.78 is 0. The van der Waals surface area contributed by atoms with Crippen LogP contribution in [0.4, 0.5) is 5.69 Å². The quantitative estimate of drug-likeness (QED) is 0.597. The van der Waals surface area contributed by atoms with Crippen molar-refractivity contribution in [3.05, 3.63) is 54.6 Å². The Bertz CT molecular complexity index is 905. The van der Waals surface area contributed by atoms with E-state index >= 15 is 0 Å². The minimum atomic E-state index is -0.129. The van der Waals surface area contributed by atoms with Gasteiger partial charge in [-0.05, 0) is 41.5 Å². The first-order valence-electron chi connectivity index (χ1n) is 8.79. The molecule has 24 heavy (non-hydrogen) atoms. The van der Waals surface area contributed by atoms with Gasteiger partial charge < -0.3 is 0 Å². The van der Waals surface area contributed by atoms with Crippen molar-refractivity contribution in [3.8, 4) is 0 Å². The van der Waals surface area contributed by atoms with Gasteiger partial charge in [0.15, 0.2) is 0 Å². The van der Waals surface area contributed by atoms with Crippen LogP contribution in [-0.2, 0) is 9.59 Å². The van der Waals surface area contributed by atoms with Gasteiger partial charge >= 0.3 is 0 Å². The van der Waals surface area contributed by atoms with E-state index in [9.17, 15) is 9.59 Å². The van der Waals surface area contributed by atoms with Crippen LogP contribution >= 0.6 is 0 Å². The maximum atomic E-state index is 13.2. The largest absolute Gasteiger partial charge is 0.274 e. The summed E-state index contributed by atoms with van der Waals surface area (Å²) in [5.74, 6) is 1.63. The van der Waals surface area contributed by atoms with Crippen molar-refractivity contribution in [1.82, 2.24) is 0 Å². The molecule has 118 valence electrons. The van der Waals surface area contributed by atoms with Crippen LogP contribution in [0.2, 0.25) is 0 Å². The molecule has 1 aliphatic heterocycles.